The fraction of sp³-hybridized carbons (Fsp3) is 0.0909. The van der Waals surface area contributed by atoms with Crippen molar-refractivity contribution in [2.24, 2.45) is 0 Å². The summed E-state index contributed by atoms with van der Waals surface area (Å²) in [4.78, 5) is 4.55. The Hall–Kier alpha value is -3.11. The molecule has 4 rings (SSSR count). The first kappa shape index (κ1) is 17.3. The molecule has 0 aliphatic carbocycles. The van der Waals surface area contributed by atoms with Crippen LogP contribution in [-0.2, 0) is 0 Å². The highest BCUT2D eigenvalue weighted by Gasteiger charge is 2.11. The van der Waals surface area contributed by atoms with Gasteiger partial charge in [-0.1, -0.05) is 29.8 Å². The van der Waals surface area contributed by atoms with Crippen molar-refractivity contribution >= 4 is 34.7 Å². The zero-order chi connectivity index (χ0) is 19.0. The monoisotopic (exact) mass is 375 g/mol. The van der Waals surface area contributed by atoms with Crippen molar-refractivity contribution in [3.8, 4) is 11.4 Å². The number of phenolic OH excluding ortho intramolecular Hbond substituents is 1. The molecular formula is C22H18ClN3O. The number of aryl methyl sites for hydroxylation is 1. The summed E-state index contributed by atoms with van der Waals surface area (Å²) in [7, 11) is 0. The number of pyridine rings is 1. The molecule has 0 spiro atoms. The van der Waals surface area contributed by atoms with E-state index >= 15 is 0 Å². The third kappa shape index (κ3) is 3.32. The van der Waals surface area contributed by atoms with Crippen molar-refractivity contribution in [2.45, 2.75) is 13.8 Å². The number of aromatic hydroxyl groups is 1. The molecule has 0 aliphatic rings. The van der Waals surface area contributed by atoms with Gasteiger partial charge >= 0.3 is 0 Å². The SMILES string of the molecule is Cc1nn(-c2ccc(Cl)cc2)c(C)c1/C=C/c1ccc2cccc(O)c2n1. The zero-order valence-electron chi connectivity index (χ0n) is 15.0. The fourth-order valence-electron chi connectivity index (χ4n) is 3.14. The third-order valence-electron chi connectivity index (χ3n) is 4.56. The van der Waals surface area contributed by atoms with Gasteiger partial charge in [-0.25, -0.2) is 9.67 Å². The van der Waals surface area contributed by atoms with E-state index in [4.69, 9.17) is 11.6 Å². The van der Waals surface area contributed by atoms with Crippen LogP contribution in [0.4, 0.5) is 0 Å². The van der Waals surface area contributed by atoms with Gasteiger partial charge in [0.05, 0.1) is 17.1 Å². The summed E-state index contributed by atoms with van der Waals surface area (Å²) < 4.78 is 1.91. The lowest BCUT2D eigenvalue weighted by molar-refractivity contribution is 0.480. The number of halogens is 1. The van der Waals surface area contributed by atoms with Gasteiger partial charge in [-0.3, -0.25) is 0 Å². The molecule has 0 amide bonds. The first-order valence-corrected chi connectivity index (χ1v) is 9.00. The lowest BCUT2D eigenvalue weighted by Gasteiger charge is -2.04. The van der Waals surface area contributed by atoms with Crippen LogP contribution in [0.1, 0.15) is 22.6 Å². The number of fused-ring (bicyclic) bond motifs is 1. The largest absolute Gasteiger partial charge is 0.506 e. The molecule has 0 radical (unpaired) electrons. The molecule has 5 heteroatoms. The van der Waals surface area contributed by atoms with Crippen LogP contribution in [0, 0.1) is 13.8 Å². The number of para-hydroxylation sites is 1. The predicted octanol–water partition coefficient (Wildman–Crippen LogP) is 5.57. The number of rotatable bonds is 3. The molecule has 0 aliphatic heterocycles. The Kier molecular flexibility index (Phi) is 4.42. The highest BCUT2D eigenvalue weighted by atomic mass is 35.5. The summed E-state index contributed by atoms with van der Waals surface area (Å²) in [5.74, 6) is 0.186. The molecule has 2 heterocycles. The zero-order valence-corrected chi connectivity index (χ0v) is 15.8. The summed E-state index contributed by atoms with van der Waals surface area (Å²) in [6.45, 7) is 4.02. The first-order chi connectivity index (χ1) is 13.0. The van der Waals surface area contributed by atoms with Crippen molar-refractivity contribution in [3.05, 3.63) is 82.3 Å². The van der Waals surface area contributed by atoms with E-state index in [2.05, 4.69) is 10.1 Å². The van der Waals surface area contributed by atoms with Crippen molar-refractivity contribution in [2.75, 3.05) is 0 Å². The van der Waals surface area contributed by atoms with Crippen molar-refractivity contribution in [1.29, 1.82) is 0 Å². The number of nitrogens with zero attached hydrogens (tertiary/aromatic N) is 3. The molecule has 4 nitrogen and oxygen atoms in total. The molecule has 134 valence electrons. The normalized spacial score (nSPS) is 11.5. The van der Waals surface area contributed by atoms with E-state index in [9.17, 15) is 5.11 Å². The van der Waals surface area contributed by atoms with Crippen molar-refractivity contribution in [1.82, 2.24) is 14.8 Å². The van der Waals surface area contributed by atoms with Crippen molar-refractivity contribution < 1.29 is 5.11 Å². The standard InChI is InChI=1S/C22H18ClN3O/c1-14-20(15(2)26(25-14)19-11-7-17(23)8-12-19)13-10-18-9-6-16-4-3-5-21(27)22(16)24-18/h3-13,27H,1-2H3/b13-10+. The molecule has 0 saturated carbocycles. The van der Waals surface area contributed by atoms with E-state index in [0.717, 1.165) is 33.7 Å². The maximum atomic E-state index is 10.0. The molecule has 2 aromatic heterocycles. The number of phenols is 1. The van der Waals surface area contributed by atoms with Crippen LogP contribution >= 0.6 is 11.6 Å². The molecule has 0 unspecified atom stereocenters. The van der Waals surface area contributed by atoms with E-state index in [1.165, 1.54) is 0 Å². The Bertz CT molecular complexity index is 1160. The molecule has 2 aromatic carbocycles. The van der Waals surface area contributed by atoms with Gasteiger partial charge in [-0.05, 0) is 62.4 Å². The van der Waals surface area contributed by atoms with Crippen LogP contribution in [0.25, 0.3) is 28.7 Å². The smallest absolute Gasteiger partial charge is 0.141 e. The molecule has 4 aromatic rings. The fourth-order valence-corrected chi connectivity index (χ4v) is 3.26. The Morgan fingerprint density at radius 1 is 0.963 bits per heavy atom. The molecule has 27 heavy (non-hydrogen) atoms. The minimum atomic E-state index is 0.186. The molecule has 1 N–H and O–H groups in total. The Morgan fingerprint density at radius 3 is 2.52 bits per heavy atom. The Morgan fingerprint density at radius 2 is 1.74 bits per heavy atom. The molecule has 0 atom stereocenters. The van der Waals surface area contributed by atoms with Gasteiger partial charge in [0.15, 0.2) is 0 Å². The van der Waals surface area contributed by atoms with E-state index in [1.54, 1.807) is 6.07 Å². The average molecular weight is 376 g/mol. The second-order valence-corrected chi connectivity index (χ2v) is 6.83. The third-order valence-corrected chi connectivity index (χ3v) is 4.81. The first-order valence-electron chi connectivity index (χ1n) is 8.62. The second kappa shape index (κ2) is 6.89. The topological polar surface area (TPSA) is 50.9 Å². The van der Waals surface area contributed by atoms with Crippen LogP contribution in [0.3, 0.4) is 0 Å². The van der Waals surface area contributed by atoms with E-state index in [-0.39, 0.29) is 5.75 Å². The molecule has 0 bridgehead atoms. The summed E-state index contributed by atoms with van der Waals surface area (Å²) >= 11 is 5.98. The number of aromatic nitrogens is 3. The van der Waals surface area contributed by atoms with Crippen LogP contribution in [0.5, 0.6) is 5.75 Å². The van der Waals surface area contributed by atoms with Crippen LogP contribution < -0.4 is 0 Å². The molecule has 0 saturated heterocycles. The lowest BCUT2D eigenvalue weighted by Crippen LogP contribution is -1.98. The van der Waals surface area contributed by atoms with Gasteiger partial charge in [0.1, 0.15) is 11.3 Å². The van der Waals surface area contributed by atoms with E-state index < -0.39 is 0 Å². The van der Waals surface area contributed by atoms with E-state index in [0.29, 0.717) is 10.5 Å². The van der Waals surface area contributed by atoms with Crippen LogP contribution in [-0.4, -0.2) is 19.9 Å². The summed E-state index contributed by atoms with van der Waals surface area (Å²) in [5, 5.41) is 16.3. The number of hydrogen-bond acceptors (Lipinski definition) is 3. The summed E-state index contributed by atoms with van der Waals surface area (Å²) in [5.41, 5.74) is 5.36. The van der Waals surface area contributed by atoms with Gasteiger partial charge in [-0.15, -0.1) is 0 Å². The summed E-state index contributed by atoms with van der Waals surface area (Å²) in [6, 6.07) is 16.9. The minimum Gasteiger partial charge on any atom is -0.506 e. The second-order valence-electron chi connectivity index (χ2n) is 6.39. The number of benzene rings is 2. The van der Waals surface area contributed by atoms with Gasteiger partial charge in [0, 0.05) is 21.7 Å². The van der Waals surface area contributed by atoms with Gasteiger partial charge in [0.2, 0.25) is 0 Å². The van der Waals surface area contributed by atoms with Crippen LogP contribution in [0.2, 0.25) is 5.02 Å². The quantitative estimate of drug-likeness (QED) is 0.509. The lowest BCUT2D eigenvalue weighted by atomic mass is 10.1. The predicted molar refractivity (Wildman–Crippen MR) is 110 cm³/mol. The highest BCUT2D eigenvalue weighted by Crippen LogP contribution is 2.24. The van der Waals surface area contributed by atoms with Crippen molar-refractivity contribution in [3.63, 3.8) is 0 Å². The van der Waals surface area contributed by atoms with E-state index in [1.807, 2.05) is 79.2 Å². The Balaban J connectivity index is 1.70. The van der Waals surface area contributed by atoms with Gasteiger partial charge in [0.25, 0.3) is 0 Å². The maximum Gasteiger partial charge on any atom is 0.141 e. The van der Waals surface area contributed by atoms with Crippen LogP contribution in [0.15, 0.2) is 54.6 Å². The Labute approximate surface area is 162 Å². The molecular weight excluding hydrogens is 358 g/mol. The van der Waals surface area contributed by atoms with Gasteiger partial charge < -0.3 is 5.11 Å². The van der Waals surface area contributed by atoms with Gasteiger partial charge in [-0.2, -0.15) is 5.10 Å². The average Bonchev–Trinajstić information content (AvgIpc) is 2.95. The summed E-state index contributed by atoms with van der Waals surface area (Å²) in [6.07, 6.45) is 3.95. The molecule has 0 fully saturated rings. The minimum absolute atomic E-state index is 0.186. The highest BCUT2D eigenvalue weighted by molar-refractivity contribution is 6.30. The number of hydrogen-bond donors (Lipinski definition) is 1. The maximum absolute atomic E-state index is 10.0.